The third kappa shape index (κ3) is 3.12. The number of halogens is 1. The third-order valence-electron chi connectivity index (χ3n) is 3.94. The van der Waals surface area contributed by atoms with Gasteiger partial charge in [-0.15, -0.1) is 0 Å². The molecule has 1 amide bonds. The Labute approximate surface area is 153 Å². The first-order valence-electron chi connectivity index (χ1n) is 7.79. The van der Waals surface area contributed by atoms with Gasteiger partial charge in [0.05, 0.1) is 18.8 Å². The smallest absolute Gasteiger partial charge is 0.266 e. The van der Waals surface area contributed by atoms with Crippen molar-refractivity contribution in [3.63, 3.8) is 0 Å². The molecule has 4 heterocycles. The monoisotopic (exact) mass is 374 g/mol. The fourth-order valence-electron chi connectivity index (χ4n) is 2.59. The van der Waals surface area contributed by atoms with Gasteiger partial charge in [-0.1, -0.05) is 22.9 Å². The molecule has 0 spiro atoms. The Morgan fingerprint density at radius 2 is 2.08 bits per heavy atom. The van der Waals surface area contributed by atoms with Crippen LogP contribution >= 0.6 is 22.9 Å². The number of hydrogen-bond acceptors (Lipinski definition) is 5. The lowest BCUT2D eigenvalue weighted by molar-refractivity contribution is 0.0163. The molecule has 3 aromatic heterocycles. The Morgan fingerprint density at radius 1 is 1.32 bits per heavy atom. The van der Waals surface area contributed by atoms with Gasteiger partial charge in [-0.3, -0.25) is 4.79 Å². The number of pyridine rings is 1. The molecule has 4 rings (SSSR count). The maximum Gasteiger partial charge on any atom is 0.266 e. The topological polar surface area (TPSA) is 60.2 Å². The van der Waals surface area contributed by atoms with E-state index in [9.17, 15) is 4.79 Å². The summed E-state index contributed by atoms with van der Waals surface area (Å²) >= 11 is 7.44. The van der Waals surface area contributed by atoms with Crippen molar-refractivity contribution in [2.75, 3.05) is 13.1 Å². The molecular formula is C17H15ClN4O2S. The summed E-state index contributed by atoms with van der Waals surface area (Å²) in [6.45, 7) is 2.89. The standard InChI is InChI=1S/C17H15ClN4O2S/c1-11-14(25-17(20-11)21-7-2-3-8-21)16(23)22-9-12(10-22)24-15-13(18)5-4-6-19-15/h2-8,12H,9-10H2,1H3. The van der Waals surface area contributed by atoms with E-state index in [0.29, 0.717) is 28.9 Å². The molecule has 6 nitrogen and oxygen atoms in total. The van der Waals surface area contributed by atoms with Crippen molar-refractivity contribution in [3.05, 3.63) is 58.4 Å². The van der Waals surface area contributed by atoms with Crippen molar-refractivity contribution in [1.29, 1.82) is 0 Å². The van der Waals surface area contributed by atoms with E-state index in [1.165, 1.54) is 11.3 Å². The molecule has 0 aliphatic carbocycles. The maximum atomic E-state index is 12.7. The van der Waals surface area contributed by atoms with Crippen LogP contribution in [-0.4, -0.2) is 44.5 Å². The third-order valence-corrected chi connectivity index (χ3v) is 5.39. The van der Waals surface area contributed by atoms with Crippen LogP contribution < -0.4 is 4.74 Å². The molecule has 0 atom stereocenters. The molecule has 0 bridgehead atoms. The van der Waals surface area contributed by atoms with Crippen LogP contribution in [0.1, 0.15) is 15.4 Å². The Kier molecular flexibility index (Phi) is 4.19. The van der Waals surface area contributed by atoms with Crippen LogP contribution in [0.4, 0.5) is 0 Å². The van der Waals surface area contributed by atoms with E-state index in [1.54, 1.807) is 23.2 Å². The highest BCUT2D eigenvalue weighted by atomic mass is 35.5. The number of aromatic nitrogens is 3. The minimum Gasteiger partial charge on any atom is -0.470 e. The number of aryl methyl sites for hydroxylation is 1. The number of carbonyl (C=O) groups excluding carboxylic acids is 1. The van der Waals surface area contributed by atoms with Crippen molar-refractivity contribution in [2.45, 2.75) is 13.0 Å². The summed E-state index contributed by atoms with van der Waals surface area (Å²) in [7, 11) is 0. The van der Waals surface area contributed by atoms with Crippen LogP contribution in [0.25, 0.3) is 5.13 Å². The first-order chi connectivity index (χ1) is 12.1. The number of amides is 1. The number of nitrogens with zero attached hydrogens (tertiary/aromatic N) is 4. The van der Waals surface area contributed by atoms with Crippen molar-refractivity contribution in [3.8, 4) is 11.0 Å². The average Bonchev–Trinajstić information content (AvgIpc) is 3.21. The fraction of sp³-hybridized carbons (Fsp3) is 0.235. The predicted molar refractivity (Wildman–Crippen MR) is 95.7 cm³/mol. The molecule has 128 valence electrons. The predicted octanol–water partition coefficient (Wildman–Crippen LogP) is 3.19. The summed E-state index contributed by atoms with van der Waals surface area (Å²) in [6, 6.07) is 7.34. The number of rotatable bonds is 4. The second-order valence-corrected chi connectivity index (χ2v) is 7.13. The summed E-state index contributed by atoms with van der Waals surface area (Å²) in [5, 5.41) is 1.27. The van der Waals surface area contributed by atoms with Gasteiger partial charge in [0, 0.05) is 18.6 Å². The molecule has 1 saturated heterocycles. The van der Waals surface area contributed by atoms with E-state index in [-0.39, 0.29) is 12.0 Å². The van der Waals surface area contributed by atoms with Gasteiger partial charge in [-0.2, -0.15) is 0 Å². The van der Waals surface area contributed by atoms with E-state index in [2.05, 4.69) is 9.97 Å². The molecule has 1 fully saturated rings. The van der Waals surface area contributed by atoms with Crippen LogP contribution in [0.3, 0.4) is 0 Å². The number of ether oxygens (including phenoxy) is 1. The van der Waals surface area contributed by atoms with E-state index in [1.807, 2.05) is 36.0 Å². The zero-order valence-corrected chi connectivity index (χ0v) is 15.0. The molecular weight excluding hydrogens is 360 g/mol. The Morgan fingerprint density at radius 3 is 2.80 bits per heavy atom. The molecule has 3 aromatic rings. The van der Waals surface area contributed by atoms with Crippen LogP contribution in [0.2, 0.25) is 5.02 Å². The second-order valence-electron chi connectivity index (χ2n) is 5.74. The molecule has 0 N–H and O–H groups in total. The Hall–Kier alpha value is -2.38. The maximum absolute atomic E-state index is 12.7. The fourth-order valence-corrected chi connectivity index (χ4v) is 3.76. The van der Waals surface area contributed by atoms with Crippen LogP contribution in [0, 0.1) is 6.92 Å². The normalized spacial score (nSPS) is 14.4. The van der Waals surface area contributed by atoms with Gasteiger partial charge >= 0.3 is 0 Å². The van der Waals surface area contributed by atoms with Gasteiger partial charge in [-0.05, 0) is 31.2 Å². The lowest BCUT2D eigenvalue weighted by Crippen LogP contribution is -2.56. The molecule has 0 radical (unpaired) electrons. The highest BCUT2D eigenvalue weighted by Crippen LogP contribution is 2.27. The van der Waals surface area contributed by atoms with Gasteiger partial charge in [0.15, 0.2) is 5.13 Å². The first kappa shape index (κ1) is 16.1. The molecule has 8 heteroatoms. The van der Waals surface area contributed by atoms with Crippen LogP contribution in [0.5, 0.6) is 5.88 Å². The quantitative estimate of drug-likeness (QED) is 0.703. The van der Waals surface area contributed by atoms with Crippen LogP contribution in [0.15, 0.2) is 42.9 Å². The molecule has 1 aliphatic heterocycles. The lowest BCUT2D eigenvalue weighted by atomic mass is 10.1. The first-order valence-corrected chi connectivity index (χ1v) is 8.98. The summed E-state index contributed by atoms with van der Waals surface area (Å²) < 4.78 is 7.64. The number of carbonyl (C=O) groups is 1. The van der Waals surface area contributed by atoms with E-state index >= 15 is 0 Å². The van der Waals surface area contributed by atoms with Gasteiger partial charge in [0.2, 0.25) is 5.88 Å². The molecule has 0 aromatic carbocycles. The van der Waals surface area contributed by atoms with Crippen molar-refractivity contribution in [2.24, 2.45) is 0 Å². The average molecular weight is 375 g/mol. The van der Waals surface area contributed by atoms with Gasteiger partial charge in [-0.25, -0.2) is 9.97 Å². The summed E-state index contributed by atoms with van der Waals surface area (Å²) in [5.74, 6) is 0.394. The van der Waals surface area contributed by atoms with E-state index in [4.69, 9.17) is 16.3 Å². The second kappa shape index (κ2) is 6.50. The van der Waals surface area contributed by atoms with Crippen molar-refractivity contribution >= 4 is 28.8 Å². The van der Waals surface area contributed by atoms with Gasteiger partial charge in [0.25, 0.3) is 5.91 Å². The Bertz CT molecular complexity index is 903. The molecule has 0 unspecified atom stereocenters. The number of thiazole rings is 1. The molecule has 1 aliphatic rings. The van der Waals surface area contributed by atoms with Gasteiger partial charge < -0.3 is 14.2 Å². The highest BCUT2D eigenvalue weighted by Gasteiger charge is 2.35. The Balaban J connectivity index is 1.41. The van der Waals surface area contributed by atoms with Crippen LogP contribution in [-0.2, 0) is 0 Å². The largest absolute Gasteiger partial charge is 0.470 e. The summed E-state index contributed by atoms with van der Waals surface area (Å²) in [5.41, 5.74) is 0.746. The highest BCUT2D eigenvalue weighted by molar-refractivity contribution is 7.16. The zero-order chi connectivity index (χ0) is 17.4. The molecule has 25 heavy (non-hydrogen) atoms. The zero-order valence-electron chi connectivity index (χ0n) is 13.4. The van der Waals surface area contributed by atoms with Crippen molar-refractivity contribution in [1.82, 2.24) is 19.4 Å². The lowest BCUT2D eigenvalue weighted by Gasteiger charge is -2.38. The van der Waals surface area contributed by atoms with E-state index in [0.717, 1.165) is 10.8 Å². The van der Waals surface area contributed by atoms with Crippen molar-refractivity contribution < 1.29 is 9.53 Å². The van der Waals surface area contributed by atoms with Gasteiger partial charge in [0.1, 0.15) is 16.0 Å². The molecule has 0 saturated carbocycles. The minimum atomic E-state index is -0.0894. The summed E-state index contributed by atoms with van der Waals surface area (Å²) in [4.78, 5) is 23.7. The SMILES string of the molecule is Cc1nc(-n2cccc2)sc1C(=O)N1CC(Oc2ncccc2Cl)C1. The van der Waals surface area contributed by atoms with E-state index < -0.39 is 0 Å². The minimum absolute atomic E-state index is 0.0135. The number of likely N-dealkylation sites (tertiary alicyclic amines) is 1. The number of hydrogen-bond donors (Lipinski definition) is 0. The summed E-state index contributed by atoms with van der Waals surface area (Å²) in [6.07, 6.45) is 5.37.